The Balaban J connectivity index is 1.99. The SMILES string of the molecule is CCC(c1ccccc1)c1nnc2n1CCS(=O)(=O)CC2. The Hall–Kier alpha value is -1.69. The zero-order chi connectivity index (χ0) is 14.9. The fraction of sp³-hybridized carbons (Fsp3) is 0.467. The summed E-state index contributed by atoms with van der Waals surface area (Å²) in [7, 11) is -2.96. The molecule has 112 valence electrons. The van der Waals surface area contributed by atoms with Crippen LogP contribution in [0.2, 0.25) is 0 Å². The fourth-order valence-electron chi connectivity index (χ4n) is 2.87. The molecule has 0 saturated carbocycles. The molecule has 0 amide bonds. The summed E-state index contributed by atoms with van der Waals surface area (Å²) in [5.41, 5.74) is 1.20. The van der Waals surface area contributed by atoms with Gasteiger partial charge in [-0.15, -0.1) is 10.2 Å². The lowest BCUT2D eigenvalue weighted by molar-refractivity contribution is 0.587. The van der Waals surface area contributed by atoms with Crippen molar-refractivity contribution < 1.29 is 8.42 Å². The van der Waals surface area contributed by atoms with Gasteiger partial charge in [-0.25, -0.2) is 8.42 Å². The molecule has 2 aromatic rings. The maximum absolute atomic E-state index is 11.8. The van der Waals surface area contributed by atoms with Crippen molar-refractivity contribution in [1.82, 2.24) is 14.8 Å². The Labute approximate surface area is 124 Å². The number of aromatic nitrogens is 3. The third-order valence-electron chi connectivity index (χ3n) is 4.04. The fourth-order valence-corrected chi connectivity index (χ4v) is 4.03. The van der Waals surface area contributed by atoms with E-state index >= 15 is 0 Å². The van der Waals surface area contributed by atoms with Crippen LogP contribution in [0.5, 0.6) is 0 Å². The number of nitrogens with zero attached hydrogens (tertiary/aromatic N) is 3. The average molecular weight is 305 g/mol. The van der Waals surface area contributed by atoms with Gasteiger partial charge >= 0.3 is 0 Å². The number of rotatable bonds is 3. The van der Waals surface area contributed by atoms with Gasteiger partial charge in [-0.1, -0.05) is 37.3 Å². The van der Waals surface area contributed by atoms with Gasteiger partial charge in [-0.2, -0.15) is 0 Å². The Morgan fingerprint density at radius 2 is 1.95 bits per heavy atom. The largest absolute Gasteiger partial charge is 0.313 e. The van der Waals surface area contributed by atoms with Crippen LogP contribution in [0.1, 0.15) is 36.5 Å². The first-order valence-corrected chi connectivity index (χ1v) is 9.10. The van der Waals surface area contributed by atoms with Crippen LogP contribution in [-0.2, 0) is 22.8 Å². The van der Waals surface area contributed by atoms with E-state index in [2.05, 4.69) is 29.3 Å². The predicted molar refractivity (Wildman–Crippen MR) is 81.0 cm³/mol. The molecule has 0 fully saturated rings. The van der Waals surface area contributed by atoms with E-state index in [9.17, 15) is 8.42 Å². The highest BCUT2D eigenvalue weighted by molar-refractivity contribution is 7.91. The number of hydrogen-bond acceptors (Lipinski definition) is 4. The van der Waals surface area contributed by atoms with Gasteiger partial charge in [-0.3, -0.25) is 0 Å². The maximum Gasteiger partial charge on any atom is 0.152 e. The molecule has 0 N–H and O–H groups in total. The predicted octanol–water partition coefficient (Wildman–Crippen LogP) is 1.79. The molecule has 5 nitrogen and oxygen atoms in total. The molecule has 0 saturated heterocycles. The molecule has 1 aromatic carbocycles. The zero-order valence-electron chi connectivity index (χ0n) is 12.1. The lowest BCUT2D eigenvalue weighted by Gasteiger charge is -2.16. The average Bonchev–Trinajstić information content (AvgIpc) is 2.81. The molecule has 1 unspecified atom stereocenters. The topological polar surface area (TPSA) is 64.8 Å². The van der Waals surface area contributed by atoms with Crippen LogP contribution in [-0.4, -0.2) is 34.7 Å². The Bertz CT molecular complexity index is 723. The van der Waals surface area contributed by atoms with E-state index in [0.29, 0.717) is 13.0 Å². The van der Waals surface area contributed by atoms with Gasteiger partial charge in [0.2, 0.25) is 0 Å². The van der Waals surface area contributed by atoms with Crippen molar-refractivity contribution in [3.05, 3.63) is 47.5 Å². The minimum Gasteiger partial charge on any atom is -0.313 e. The standard InChI is InChI=1S/C15H19N3O2S/c1-2-13(12-6-4-3-5-7-12)15-17-16-14-8-10-21(19,20)11-9-18(14)15/h3-7,13H,2,8-11H2,1H3. The minimum absolute atomic E-state index is 0.160. The second-order valence-electron chi connectivity index (χ2n) is 5.40. The summed E-state index contributed by atoms with van der Waals surface area (Å²) in [4.78, 5) is 0. The zero-order valence-corrected chi connectivity index (χ0v) is 12.9. The number of hydrogen-bond donors (Lipinski definition) is 0. The molecular formula is C15H19N3O2S. The van der Waals surface area contributed by atoms with Crippen molar-refractivity contribution in [1.29, 1.82) is 0 Å². The first kappa shape index (κ1) is 14.3. The molecule has 0 radical (unpaired) electrons. The monoisotopic (exact) mass is 305 g/mol. The normalized spacial score (nSPS) is 18.7. The summed E-state index contributed by atoms with van der Waals surface area (Å²) in [5.74, 6) is 2.19. The van der Waals surface area contributed by atoms with Crippen molar-refractivity contribution in [3.8, 4) is 0 Å². The number of benzene rings is 1. The summed E-state index contributed by atoms with van der Waals surface area (Å²) in [5, 5.41) is 8.58. The summed E-state index contributed by atoms with van der Waals surface area (Å²) in [6.45, 7) is 2.58. The molecule has 6 heteroatoms. The van der Waals surface area contributed by atoms with Gasteiger partial charge in [0.25, 0.3) is 0 Å². The van der Waals surface area contributed by atoms with Crippen molar-refractivity contribution in [2.24, 2.45) is 0 Å². The van der Waals surface area contributed by atoms with Crippen LogP contribution in [0.3, 0.4) is 0 Å². The van der Waals surface area contributed by atoms with E-state index in [4.69, 9.17) is 0 Å². The molecule has 0 aliphatic carbocycles. The van der Waals surface area contributed by atoms with Gasteiger partial charge in [0.05, 0.1) is 11.5 Å². The van der Waals surface area contributed by atoms with Crippen LogP contribution in [0, 0.1) is 0 Å². The van der Waals surface area contributed by atoms with Gasteiger partial charge in [0, 0.05) is 18.9 Å². The lowest BCUT2D eigenvalue weighted by Crippen LogP contribution is -2.15. The second-order valence-corrected chi connectivity index (χ2v) is 7.70. The maximum atomic E-state index is 11.8. The van der Waals surface area contributed by atoms with Crippen LogP contribution in [0.4, 0.5) is 0 Å². The summed E-state index contributed by atoms with van der Waals surface area (Å²) >= 11 is 0. The molecular weight excluding hydrogens is 286 g/mol. The molecule has 3 rings (SSSR count). The Kier molecular flexibility index (Phi) is 3.80. The minimum atomic E-state index is -2.96. The third-order valence-corrected chi connectivity index (χ3v) is 5.67. The molecule has 1 aromatic heterocycles. The quantitative estimate of drug-likeness (QED) is 0.867. The number of sulfone groups is 1. The molecule has 1 aliphatic rings. The second kappa shape index (κ2) is 5.60. The van der Waals surface area contributed by atoms with Crippen molar-refractivity contribution in [2.45, 2.75) is 32.2 Å². The van der Waals surface area contributed by atoms with Crippen LogP contribution in [0.25, 0.3) is 0 Å². The van der Waals surface area contributed by atoms with Crippen LogP contribution < -0.4 is 0 Å². The van der Waals surface area contributed by atoms with E-state index in [0.717, 1.165) is 18.1 Å². The van der Waals surface area contributed by atoms with E-state index in [1.54, 1.807) is 0 Å². The van der Waals surface area contributed by atoms with Crippen LogP contribution in [0.15, 0.2) is 30.3 Å². The molecule has 0 bridgehead atoms. The Morgan fingerprint density at radius 1 is 1.19 bits per heavy atom. The van der Waals surface area contributed by atoms with Crippen molar-refractivity contribution in [3.63, 3.8) is 0 Å². The summed E-state index contributed by atoms with van der Waals surface area (Å²) in [6.07, 6.45) is 1.37. The molecule has 2 heterocycles. The van der Waals surface area contributed by atoms with Crippen molar-refractivity contribution >= 4 is 9.84 Å². The van der Waals surface area contributed by atoms with Gasteiger partial charge < -0.3 is 4.57 Å². The molecule has 1 aliphatic heterocycles. The number of fused-ring (bicyclic) bond motifs is 1. The van der Waals surface area contributed by atoms with Gasteiger partial charge in [0.1, 0.15) is 11.6 Å². The first-order valence-electron chi connectivity index (χ1n) is 7.28. The Morgan fingerprint density at radius 3 is 2.67 bits per heavy atom. The third kappa shape index (κ3) is 2.85. The van der Waals surface area contributed by atoms with Gasteiger partial charge in [-0.05, 0) is 12.0 Å². The molecule has 0 spiro atoms. The van der Waals surface area contributed by atoms with E-state index < -0.39 is 9.84 Å². The summed E-state index contributed by atoms with van der Waals surface area (Å²) < 4.78 is 25.6. The van der Waals surface area contributed by atoms with Crippen molar-refractivity contribution in [2.75, 3.05) is 11.5 Å². The number of aryl methyl sites for hydroxylation is 1. The highest BCUT2D eigenvalue weighted by Crippen LogP contribution is 2.27. The van der Waals surface area contributed by atoms with Gasteiger partial charge in [0.15, 0.2) is 9.84 Å². The van der Waals surface area contributed by atoms with E-state index in [-0.39, 0.29) is 17.4 Å². The first-order chi connectivity index (χ1) is 10.1. The lowest BCUT2D eigenvalue weighted by atomic mass is 9.95. The highest BCUT2D eigenvalue weighted by atomic mass is 32.2. The molecule has 1 atom stereocenters. The highest BCUT2D eigenvalue weighted by Gasteiger charge is 2.26. The smallest absolute Gasteiger partial charge is 0.152 e. The molecule has 21 heavy (non-hydrogen) atoms. The summed E-state index contributed by atoms with van der Waals surface area (Å²) in [6, 6.07) is 10.2. The van der Waals surface area contributed by atoms with E-state index in [1.807, 2.05) is 22.8 Å². The van der Waals surface area contributed by atoms with Crippen LogP contribution >= 0.6 is 0 Å². The van der Waals surface area contributed by atoms with E-state index in [1.165, 1.54) is 5.56 Å².